The molecule has 22 valence electrons. The van der Waals surface area contributed by atoms with E-state index in [0.29, 0.717) is 0 Å². The fraction of sp³-hybridized carbons (Fsp3) is 1.00. The van der Waals surface area contributed by atoms with Gasteiger partial charge in [0.25, 0.3) is 0 Å². The molecule has 0 rings (SSSR count). The van der Waals surface area contributed by atoms with Crippen molar-refractivity contribution in [3.8, 4) is 0 Å². The van der Waals surface area contributed by atoms with Gasteiger partial charge >= 0.3 is 34.7 Å². The molecule has 0 aliphatic rings. The second kappa shape index (κ2) is 1.79. The molecule has 0 unspecified atom stereocenters. The van der Waals surface area contributed by atoms with Gasteiger partial charge in [0.1, 0.15) is 0 Å². The van der Waals surface area contributed by atoms with Gasteiger partial charge in [0.15, 0.2) is 0 Å². The molecular formula is C2H6GeN+. The van der Waals surface area contributed by atoms with E-state index >= 15 is 0 Å². The first-order valence-electron chi connectivity index (χ1n) is 1.12. The van der Waals surface area contributed by atoms with Gasteiger partial charge in [0, 0.05) is 0 Å². The molecule has 2 heteroatoms. The maximum absolute atomic E-state index is 2.00. The Bertz CT molecular complexity index is 10.8. The Morgan fingerprint density at radius 1 is 1.50 bits per heavy atom. The third kappa shape index (κ3) is 22.4. The van der Waals surface area contributed by atoms with E-state index in [2.05, 4.69) is 0 Å². The van der Waals surface area contributed by atoms with E-state index in [4.69, 9.17) is 0 Å². The van der Waals surface area contributed by atoms with Crippen molar-refractivity contribution in [3.05, 3.63) is 0 Å². The fourth-order valence-electron chi connectivity index (χ4n) is 0. The normalized spacial score (nSPS) is 8.75. The molecule has 0 saturated carbocycles. The van der Waals surface area contributed by atoms with Gasteiger partial charge in [-0.25, -0.2) is 0 Å². The SMILES string of the molecule is C[N](C)[Ge+]. The van der Waals surface area contributed by atoms with Crippen molar-refractivity contribution < 1.29 is 0 Å². The third-order valence-corrected chi connectivity index (χ3v) is 0. The van der Waals surface area contributed by atoms with Gasteiger partial charge in [-0.15, -0.1) is 0 Å². The minimum atomic E-state index is 2.00. The van der Waals surface area contributed by atoms with E-state index in [0.717, 1.165) is 0 Å². The first kappa shape index (κ1) is 4.50. The quantitative estimate of drug-likeness (QED) is 0.391. The summed E-state index contributed by atoms with van der Waals surface area (Å²) in [7, 11) is 4.00. The number of nitrogens with zero attached hydrogens (tertiary/aromatic N) is 1. The van der Waals surface area contributed by atoms with Crippen molar-refractivity contribution in [2.45, 2.75) is 0 Å². The molecule has 0 saturated heterocycles. The predicted molar refractivity (Wildman–Crippen MR) is 19.4 cm³/mol. The topological polar surface area (TPSA) is 3.24 Å². The number of hydrogen-bond donors (Lipinski definition) is 0. The Labute approximate surface area is 35.4 Å². The Hall–Kier alpha value is 0.503. The van der Waals surface area contributed by atoms with Crippen LogP contribution in [0.1, 0.15) is 0 Å². The second-order valence-electron chi connectivity index (χ2n) is 0.894. The molecule has 1 nitrogen and oxygen atoms in total. The van der Waals surface area contributed by atoms with E-state index in [1.54, 1.807) is 0 Å². The molecule has 0 aromatic heterocycles. The first-order chi connectivity index (χ1) is 1.73. The van der Waals surface area contributed by atoms with Crippen molar-refractivity contribution in [3.63, 3.8) is 0 Å². The Morgan fingerprint density at radius 3 is 1.50 bits per heavy atom. The first-order valence-corrected chi connectivity index (χ1v) is 2.06. The van der Waals surface area contributed by atoms with Crippen molar-refractivity contribution in [2.75, 3.05) is 14.1 Å². The van der Waals surface area contributed by atoms with Crippen molar-refractivity contribution >= 4 is 16.7 Å². The molecule has 0 aliphatic heterocycles. The molecule has 0 fully saturated rings. The third-order valence-electron chi connectivity index (χ3n) is 0. The van der Waals surface area contributed by atoms with E-state index < -0.39 is 0 Å². The molecule has 4 heavy (non-hydrogen) atoms. The van der Waals surface area contributed by atoms with E-state index in [1.165, 1.54) is 0 Å². The van der Waals surface area contributed by atoms with E-state index in [9.17, 15) is 0 Å². The van der Waals surface area contributed by atoms with Crippen molar-refractivity contribution in [2.24, 2.45) is 0 Å². The van der Waals surface area contributed by atoms with Gasteiger partial charge in [0.2, 0.25) is 0 Å². The van der Waals surface area contributed by atoms with Crippen LogP contribution < -0.4 is 0 Å². The van der Waals surface area contributed by atoms with Crippen LogP contribution in [0.4, 0.5) is 0 Å². The summed E-state index contributed by atoms with van der Waals surface area (Å²) in [4.78, 5) is 0. The summed E-state index contributed by atoms with van der Waals surface area (Å²) in [5.74, 6) is 0. The van der Waals surface area contributed by atoms with Crippen LogP contribution >= 0.6 is 0 Å². The summed E-state index contributed by atoms with van der Waals surface area (Å²) in [6.07, 6.45) is 0. The van der Waals surface area contributed by atoms with Crippen LogP contribution in [0.2, 0.25) is 0 Å². The zero-order valence-electron chi connectivity index (χ0n) is 2.95. The molecule has 0 heterocycles. The predicted octanol–water partition coefficient (Wildman–Crippen LogP) is -0.369. The minimum absolute atomic E-state index is 2.00. The van der Waals surface area contributed by atoms with Crippen LogP contribution in [0.3, 0.4) is 0 Å². The summed E-state index contributed by atoms with van der Waals surface area (Å²) in [5, 5.41) is 0. The van der Waals surface area contributed by atoms with Crippen LogP contribution in [0.25, 0.3) is 0 Å². The molecule has 0 atom stereocenters. The summed E-state index contributed by atoms with van der Waals surface area (Å²) in [6, 6.07) is 0. The average molecular weight is 117 g/mol. The van der Waals surface area contributed by atoms with E-state index in [1.807, 2.05) is 34.7 Å². The van der Waals surface area contributed by atoms with Gasteiger partial charge in [-0.05, 0) is 0 Å². The Kier molecular flexibility index (Phi) is 2.01. The average Bonchev–Trinajstić information content (AvgIpc) is 0.811. The molecule has 0 bridgehead atoms. The van der Waals surface area contributed by atoms with E-state index in [-0.39, 0.29) is 0 Å². The van der Waals surface area contributed by atoms with Crippen LogP contribution in [0, 0.1) is 0 Å². The summed E-state index contributed by atoms with van der Waals surface area (Å²) in [5.41, 5.74) is 0. The van der Waals surface area contributed by atoms with Gasteiger partial charge in [-0.2, -0.15) is 0 Å². The van der Waals surface area contributed by atoms with Crippen molar-refractivity contribution in [1.82, 2.24) is 3.86 Å². The fourth-order valence-corrected chi connectivity index (χ4v) is 0. The standard InChI is InChI=1S/C2H6GeN/c1-4(2)3/h1-2H3/q+1. The molecule has 0 aliphatic carbocycles. The Morgan fingerprint density at radius 2 is 1.50 bits per heavy atom. The molecule has 0 aromatic carbocycles. The Balaban J connectivity index is 2.32. The number of hydrogen-bond acceptors (Lipinski definition) is 1. The van der Waals surface area contributed by atoms with Crippen LogP contribution in [0.15, 0.2) is 0 Å². The monoisotopic (exact) mass is 118 g/mol. The zero-order valence-corrected chi connectivity index (χ0v) is 5.05. The molecule has 0 amide bonds. The zero-order chi connectivity index (χ0) is 3.58. The molecule has 0 N–H and O–H groups in total. The number of rotatable bonds is 0. The summed E-state index contributed by atoms with van der Waals surface area (Å²) in [6.45, 7) is 0. The van der Waals surface area contributed by atoms with Gasteiger partial charge < -0.3 is 0 Å². The second-order valence-corrected chi connectivity index (χ2v) is 2.77. The molecule has 2 radical (unpaired) electrons. The molecular weight excluding hydrogens is 111 g/mol. The van der Waals surface area contributed by atoms with Gasteiger partial charge in [-0.1, -0.05) is 0 Å². The van der Waals surface area contributed by atoms with Crippen LogP contribution in [-0.4, -0.2) is 34.7 Å². The van der Waals surface area contributed by atoms with Gasteiger partial charge in [0.05, 0.1) is 0 Å². The molecule has 0 aromatic rings. The maximum atomic E-state index is 2.00. The van der Waals surface area contributed by atoms with Crippen LogP contribution in [-0.2, 0) is 0 Å². The summed E-state index contributed by atoms with van der Waals surface area (Å²) < 4.78 is 2.00. The van der Waals surface area contributed by atoms with Gasteiger partial charge in [-0.3, -0.25) is 0 Å². The molecule has 0 spiro atoms. The van der Waals surface area contributed by atoms with Crippen LogP contribution in [0.5, 0.6) is 0 Å². The summed E-state index contributed by atoms with van der Waals surface area (Å²) >= 11 is 2.00. The van der Waals surface area contributed by atoms with Crippen molar-refractivity contribution in [1.29, 1.82) is 0 Å².